The van der Waals surface area contributed by atoms with Crippen LogP contribution in [0, 0.1) is 11.8 Å². The molecule has 35 heavy (non-hydrogen) atoms. The van der Waals surface area contributed by atoms with Crippen molar-refractivity contribution in [1.29, 1.82) is 0 Å². The third kappa shape index (κ3) is 4.49. The molecule has 1 fully saturated rings. The fourth-order valence-electron chi connectivity index (χ4n) is 5.09. The van der Waals surface area contributed by atoms with Crippen molar-refractivity contribution < 1.29 is 24.2 Å². The normalized spacial score (nSPS) is 18.7. The van der Waals surface area contributed by atoms with Gasteiger partial charge in [-0.05, 0) is 34.1 Å². The Bertz CT molecular complexity index is 1240. The van der Waals surface area contributed by atoms with Gasteiger partial charge < -0.3 is 14.7 Å². The smallest absolute Gasteiger partial charge is 0.412 e. The number of aliphatic carboxylic acids is 1. The molecular weight excluding hydrogens is 448 g/mol. The van der Waals surface area contributed by atoms with E-state index in [0.717, 1.165) is 22.3 Å². The lowest BCUT2D eigenvalue weighted by Gasteiger charge is -2.14. The first-order valence-corrected chi connectivity index (χ1v) is 11.6. The maximum atomic E-state index is 12.8. The van der Waals surface area contributed by atoms with E-state index in [1.54, 1.807) is 4.90 Å². The van der Waals surface area contributed by atoms with Crippen molar-refractivity contribution in [3.05, 3.63) is 71.4 Å². The van der Waals surface area contributed by atoms with Gasteiger partial charge in [0.1, 0.15) is 12.3 Å². The van der Waals surface area contributed by atoms with E-state index in [1.807, 2.05) is 43.3 Å². The maximum absolute atomic E-state index is 12.8. The van der Waals surface area contributed by atoms with Crippen molar-refractivity contribution in [2.24, 2.45) is 11.8 Å². The van der Waals surface area contributed by atoms with Gasteiger partial charge in [0.25, 0.3) is 5.91 Å². The summed E-state index contributed by atoms with van der Waals surface area (Å²) in [6.07, 6.45) is -0.628. The molecule has 5 rings (SSSR count). The van der Waals surface area contributed by atoms with E-state index >= 15 is 0 Å². The molecule has 3 N–H and O–H groups in total. The van der Waals surface area contributed by atoms with E-state index in [0.29, 0.717) is 13.1 Å². The second-order valence-electron chi connectivity index (χ2n) is 9.16. The highest BCUT2D eigenvalue weighted by Gasteiger charge is 2.35. The number of rotatable bonds is 6. The molecule has 2 aliphatic rings. The molecule has 0 spiro atoms. The van der Waals surface area contributed by atoms with Gasteiger partial charge in [-0.1, -0.05) is 55.5 Å². The molecule has 180 valence electrons. The highest BCUT2D eigenvalue weighted by atomic mass is 16.5. The van der Waals surface area contributed by atoms with Gasteiger partial charge in [0, 0.05) is 25.1 Å². The van der Waals surface area contributed by atoms with Gasteiger partial charge in [-0.15, -0.1) is 0 Å². The number of amides is 2. The van der Waals surface area contributed by atoms with Crippen LogP contribution in [0.1, 0.15) is 40.9 Å². The molecule has 1 aromatic heterocycles. The first-order chi connectivity index (χ1) is 16.9. The lowest BCUT2D eigenvalue weighted by Crippen LogP contribution is -2.29. The van der Waals surface area contributed by atoms with E-state index in [4.69, 9.17) is 9.84 Å². The van der Waals surface area contributed by atoms with Crippen molar-refractivity contribution in [3.8, 4) is 11.1 Å². The van der Waals surface area contributed by atoms with Crippen molar-refractivity contribution in [1.82, 2.24) is 15.1 Å². The second kappa shape index (κ2) is 9.25. The Morgan fingerprint density at radius 3 is 2.40 bits per heavy atom. The lowest BCUT2D eigenvalue weighted by molar-refractivity contribution is -0.138. The van der Waals surface area contributed by atoms with E-state index in [2.05, 4.69) is 27.6 Å². The molecule has 1 aliphatic heterocycles. The molecule has 0 radical (unpaired) electrons. The SMILES string of the molecule is CC1CN(C(=O)c2cc(NC(=O)OCC3c4ccccc4-c4ccccc43)n[nH]2)CC1CC(=O)O. The van der Waals surface area contributed by atoms with Crippen LogP contribution in [0.5, 0.6) is 0 Å². The molecule has 2 unspecified atom stereocenters. The largest absolute Gasteiger partial charge is 0.481 e. The van der Waals surface area contributed by atoms with Crippen molar-refractivity contribution >= 4 is 23.8 Å². The van der Waals surface area contributed by atoms with E-state index < -0.39 is 12.1 Å². The quantitative estimate of drug-likeness (QED) is 0.497. The zero-order chi connectivity index (χ0) is 24.5. The number of aromatic nitrogens is 2. The van der Waals surface area contributed by atoms with E-state index in [-0.39, 0.29) is 48.2 Å². The molecular formula is C26H26N4O5. The number of anilines is 1. The topological polar surface area (TPSA) is 125 Å². The van der Waals surface area contributed by atoms with Crippen LogP contribution in [-0.2, 0) is 9.53 Å². The molecule has 1 saturated heterocycles. The number of nitrogens with zero attached hydrogens (tertiary/aromatic N) is 2. The van der Waals surface area contributed by atoms with Crippen LogP contribution < -0.4 is 5.32 Å². The Balaban J connectivity index is 1.19. The van der Waals surface area contributed by atoms with Crippen molar-refractivity contribution in [2.75, 3.05) is 25.0 Å². The van der Waals surface area contributed by atoms with Gasteiger partial charge in [-0.25, -0.2) is 4.79 Å². The molecule has 2 heterocycles. The highest BCUT2D eigenvalue weighted by molar-refractivity contribution is 5.94. The summed E-state index contributed by atoms with van der Waals surface area (Å²) in [5, 5.41) is 18.3. The molecule has 2 amide bonds. The first kappa shape index (κ1) is 22.6. The summed E-state index contributed by atoms with van der Waals surface area (Å²) in [7, 11) is 0. The number of carboxylic acid groups (broad SMARTS) is 1. The molecule has 0 bridgehead atoms. The number of H-pyrrole nitrogens is 1. The Morgan fingerprint density at radius 2 is 1.74 bits per heavy atom. The van der Waals surface area contributed by atoms with Crippen molar-refractivity contribution in [2.45, 2.75) is 19.3 Å². The third-order valence-corrected chi connectivity index (χ3v) is 6.87. The van der Waals surface area contributed by atoms with Gasteiger partial charge in [0.05, 0.1) is 6.42 Å². The van der Waals surface area contributed by atoms with Crippen LogP contribution in [0.4, 0.5) is 10.6 Å². The number of carbonyl (C=O) groups is 3. The van der Waals surface area contributed by atoms with Crippen LogP contribution in [-0.4, -0.2) is 57.9 Å². The first-order valence-electron chi connectivity index (χ1n) is 11.6. The average Bonchev–Trinajstić information content (AvgIpc) is 3.53. The minimum absolute atomic E-state index is 0.0303. The summed E-state index contributed by atoms with van der Waals surface area (Å²) in [5.74, 6) is -1.01. The molecule has 1 aliphatic carbocycles. The number of aromatic amines is 1. The Hall–Kier alpha value is -4.14. The highest BCUT2D eigenvalue weighted by Crippen LogP contribution is 2.44. The Labute approximate surface area is 202 Å². The number of carboxylic acids is 1. The van der Waals surface area contributed by atoms with Crippen LogP contribution in [0.2, 0.25) is 0 Å². The average molecular weight is 475 g/mol. The number of nitrogens with one attached hydrogen (secondary N) is 2. The third-order valence-electron chi connectivity index (χ3n) is 6.87. The summed E-state index contributed by atoms with van der Waals surface area (Å²) in [6.45, 7) is 2.97. The van der Waals surface area contributed by atoms with E-state index in [9.17, 15) is 14.4 Å². The standard InChI is InChI=1S/C26H26N4O5/c1-15-12-30(13-16(15)10-24(31)32)25(33)22-11-23(29-28-22)27-26(34)35-14-21-19-8-4-2-6-17(19)18-7-3-5-9-20(18)21/h2-9,11,15-16,21H,10,12-14H2,1H3,(H,31,32)(H2,27,28,29,34). The zero-order valence-corrected chi connectivity index (χ0v) is 19.2. The van der Waals surface area contributed by atoms with Crippen molar-refractivity contribution in [3.63, 3.8) is 0 Å². The van der Waals surface area contributed by atoms with E-state index in [1.165, 1.54) is 6.07 Å². The minimum Gasteiger partial charge on any atom is -0.481 e. The monoisotopic (exact) mass is 474 g/mol. The Morgan fingerprint density at radius 1 is 1.09 bits per heavy atom. The fraction of sp³-hybridized carbons (Fsp3) is 0.308. The summed E-state index contributed by atoms with van der Waals surface area (Å²) in [4.78, 5) is 38.0. The summed E-state index contributed by atoms with van der Waals surface area (Å²) in [6, 6.07) is 17.6. The van der Waals surface area contributed by atoms with Crippen LogP contribution in [0.25, 0.3) is 11.1 Å². The van der Waals surface area contributed by atoms with Crippen LogP contribution in [0.15, 0.2) is 54.6 Å². The lowest BCUT2D eigenvalue weighted by atomic mass is 9.95. The predicted molar refractivity (Wildman–Crippen MR) is 128 cm³/mol. The summed E-state index contributed by atoms with van der Waals surface area (Å²) in [5.41, 5.74) is 4.76. The minimum atomic E-state index is -0.868. The maximum Gasteiger partial charge on any atom is 0.412 e. The summed E-state index contributed by atoms with van der Waals surface area (Å²) < 4.78 is 5.52. The molecule has 9 nitrogen and oxygen atoms in total. The zero-order valence-electron chi connectivity index (χ0n) is 19.2. The predicted octanol–water partition coefficient (Wildman–Crippen LogP) is 3.95. The molecule has 2 aromatic carbocycles. The van der Waals surface area contributed by atoms with Gasteiger partial charge in [-0.3, -0.25) is 20.0 Å². The molecule has 0 saturated carbocycles. The number of ether oxygens (including phenoxy) is 1. The van der Waals surface area contributed by atoms with Crippen LogP contribution >= 0.6 is 0 Å². The fourth-order valence-corrected chi connectivity index (χ4v) is 5.09. The van der Waals surface area contributed by atoms with Gasteiger partial charge >= 0.3 is 12.1 Å². The molecule has 9 heteroatoms. The number of hydrogen-bond acceptors (Lipinski definition) is 5. The number of hydrogen-bond donors (Lipinski definition) is 3. The number of likely N-dealkylation sites (tertiary alicyclic amines) is 1. The van der Waals surface area contributed by atoms with Gasteiger partial charge in [0.2, 0.25) is 0 Å². The van der Waals surface area contributed by atoms with Gasteiger partial charge in [0.15, 0.2) is 5.82 Å². The number of fused-ring (bicyclic) bond motifs is 3. The molecule has 2 atom stereocenters. The number of benzene rings is 2. The van der Waals surface area contributed by atoms with Crippen LogP contribution in [0.3, 0.4) is 0 Å². The Kier molecular flexibility index (Phi) is 5.98. The summed E-state index contributed by atoms with van der Waals surface area (Å²) >= 11 is 0. The number of carbonyl (C=O) groups excluding carboxylic acids is 2. The molecule has 3 aromatic rings. The van der Waals surface area contributed by atoms with Gasteiger partial charge in [-0.2, -0.15) is 5.10 Å². The second-order valence-corrected chi connectivity index (χ2v) is 9.16.